The third kappa shape index (κ3) is 2.83. The van der Waals surface area contributed by atoms with Crippen LogP contribution in [0.3, 0.4) is 0 Å². The van der Waals surface area contributed by atoms with Crippen molar-refractivity contribution in [2.75, 3.05) is 0 Å². The minimum Gasteiger partial charge on any atom is -0.389 e. The van der Waals surface area contributed by atoms with Crippen molar-refractivity contribution < 1.29 is 22.7 Å². The molecule has 0 saturated carbocycles. The van der Waals surface area contributed by atoms with Crippen molar-refractivity contribution in [2.45, 2.75) is 12.9 Å². The first kappa shape index (κ1) is 12.2. The van der Waals surface area contributed by atoms with Gasteiger partial charge in [-0.1, -0.05) is 0 Å². The molecule has 1 aromatic rings. The number of carbonyl (C=O) groups is 1. The molecule has 0 spiro atoms. The standard InChI is InChI=1S/C8H7F3N2O3/c9-8(10,11)16-7-5(2-12)6(15)1-4(3-14)13-7/h1,3H,2,12H2,(H,13,15). The van der Waals surface area contributed by atoms with Crippen LogP contribution in [0, 0.1) is 0 Å². The van der Waals surface area contributed by atoms with Gasteiger partial charge in [0.2, 0.25) is 5.88 Å². The van der Waals surface area contributed by atoms with Gasteiger partial charge in [-0.25, -0.2) is 0 Å². The summed E-state index contributed by atoms with van der Waals surface area (Å²) in [5, 5.41) is 0. The number of ether oxygens (including phenoxy) is 1. The molecule has 0 amide bonds. The Bertz CT molecular complexity index is 453. The van der Waals surface area contributed by atoms with Crippen molar-refractivity contribution in [1.82, 2.24) is 4.98 Å². The average molecular weight is 236 g/mol. The second-order valence-electron chi connectivity index (χ2n) is 2.77. The Balaban J connectivity index is 3.29. The van der Waals surface area contributed by atoms with Crippen LogP contribution >= 0.6 is 0 Å². The van der Waals surface area contributed by atoms with Gasteiger partial charge in [0.15, 0.2) is 11.7 Å². The van der Waals surface area contributed by atoms with Gasteiger partial charge in [0.1, 0.15) is 0 Å². The number of H-pyrrole nitrogens is 1. The molecule has 16 heavy (non-hydrogen) atoms. The molecule has 0 fully saturated rings. The highest BCUT2D eigenvalue weighted by molar-refractivity contribution is 5.72. The Kier molecular flexibility index (Phi) is 3.33. The summed E-state index contributed by atoms with van der Waals surface area (Å²) in [4.78, 5) is 23.6. The van der Waals surface area contributed by atoms with Gasteiger partial charge in [-0.2, -0.15) is 0 Å². The largest absolute Gasteiger partial charge is 0.574 e. The van der Waals surface area contributed by atoms with Crippen molar-refractivity contribution >= 4 is 6.29 Å². The summed E-state index contributed by atoms with van der Waals surface area (Å²) in [7, 11) is 0. The Morgan fingerprint density at radius 3 is 2.56 bits per heavy atom. The Morgan fingerprint density at radius 2 is 2.12 bits per heavy atom. The number of hydrogen-bond acceptors (Lipinski definition) is 4. The molecule has 0 saturated heterocycles. The molecule has 0 radical (unpaired) electrons. The highest BCUT2D eigenvalue weighted by atomic mass is 19.4. The molecule has 1 rings (SSSR count). The lowest BCUT2D eigenvalue weighted by molar-refractivity contribution is -0.276. The number of nitrogens with two attached hydrogens (primary N) is 1. The monoisotopic (exact) mass is 236 g/mol. The predicted molar refractivity (Wildman–Crippen MR) is 47.0 cm³/mol. The molecular weight excluding hydrogens is 229 g/mol. The molecular formula is C8H7F3N2O3. The number of aromatic nitrogens is 1. The van der Waals surface area contributed by atoms with E-state index in [4.69, 9.17) is 5.73 Å². The minimum atomic E-state index is -4.96. The molecule has 0 atom stereocenters. The SMILES string of the molecule is NCc1c(OC(F)(F)F)[nH]c(C=O)cc1=O. The first-order valence-corrected chi connectivity index (χ1v) is 4.04. The molecule has 8 heteroatoms. The maximum Gasteiger partial charge on any atom is 0.574 e. The van der Waals surface area contributed by atoms with E-state index in [9.17, 15) is 22.8 Å². The van der Waals surface area contributed by atoms with E-state index in [1.165, 1.54) is 0 Å². The molecule has 3 N–H and O–H groups in total. The number of alkyl halides is 3. The molecule has 0 aliphatic carbocycles. The molecule has 88 valence electrons. The van der Waals surface area contributed by atoms with Gasteiger partial charge in [-0.05, 0) is 0 Å². The summed E-state index contributed by atoms with van der Waals surface area (Å²) in [5.74, 6) is -0.857. The van der Waals surface area contributed by atoms with E-state index in [0.29, 0.717) is 0 Å². The second kappa shape index (κ2) is 4.35. The lowest BCUT2D eigenvalue weighted by Crippen LogP contribution is -2.24. The van der Waals surface area contributed by atoms with E-state index in [0.717, 1.165) is 6.07 Å². The molecule has 0 aliphatic heterocycles. The summed E-state index contributed by atoms with van der Waals surface area (Å²) in [6.07, 6.45) is -4.76. The molecule has 5 nitrogen and oxygen atoms in total. The molecule has 0 bridgehead atoms. The van der Waals surface area contributed by atoms with Crippen molar-refractivity contribution in [3.05, 3.63) is 27.5 Å². The molecule has 0 aromatic carbocycles. The van der Waals surface area contributed by atoms with Crippen LogP contribution < -0.4 is 15.9 Å². The number of aldehydes is 1. The lowest BCUT2D eigenvalue weighted by atomic mass is 10.2. The van der Waals surface area contributed by atoms with E-state index < -0.39 is 24.2 Å². The van der Waals surface area contributed by atoms with E-state index in [1.54, 1.807) is 0 Å². The number of carbonyl (C=O) groups excluding carboxylic acids is 1. The molecule has 1 heterocycles. The molecule has 1 aromatic heterocycles. The highest BCUT2D eigenvalue weighted by Gasteiger charge is 2.33. The Morgan fingerprint density at radius 1 is 1.50 bits per heavy atom. The van der Waals surface area contributed by atoms with Gasteiger partial charge >= 0.3 is 6.36 Å². The summed E-state index contributed by atoms with van der Waals surface area (Å²) in [6.45, 7) is -0.431. The summed E-state index contributed by atoms with van der Waals surface area (Å²) in [5.41, 5.74) is 3.63. The van der Waals surface area contributed by atoms with E-state index in [2.05, 4.69) is 4.74 Å². The molecule has 0 aliphatic rings. The zero-order valence-electron chi connectivity index (χ0n) is 7.80. The lowest BCUT2D eigenvalue weighted by Gasteiger charge is -2.11. The quantitative estimate of drug-likeness (QED) is 0.750. The van der Waals surface area contributed by atoms with Crippen LogP contribution in [-0.2, 0) is 6.54 Å². The predicted octanol–water partition coefficient (Wildman–Crippen LogP) is 0.545. The van der Waals surface area contributed by atoms with Gasteiger partial charge in [-0.3, -0.25) is 9.59 Å². The zero-order valence-corrected chi connectivity index (χ0v) is 7.80. The maximum absolute atomic E-state index is 12.0. The average Bonchev–Trinajstić information content (AvgIpc) is 2.14. The highest BCUT2D eigenvalue weighted by Crippen LogP contribution is 2.22. The van der Waals surface area contributed by atoms with Crippen LogP contribution in [0.5, 0.6) is 5.88 Å². The van der Waals surface area contributed by atoms with Crippen LogP contribution in [0.2, 0.25) is 0 Å². The van der Waals surface area contributed by atoms with Gasteiger partial charge in [0, 0.05) is 12.6 Å². The third-order valence-electron chi connectivity index (χ3n) is 1.66. The van der Waals surface area contributed by atoms with E-state index in [-0.39, 0.29) is 17.5 Å². The Hall–Kier alpha value is -1.83. The van der Waals surface area contributed by atoms with Gasteiger partial charge < -0.3 is 15.5 Å². The van der Waals surface area contributed by atoms with Gasteiger partial charge in [0.25, 0.3) is 0 Å². The fraction of sp³-hybridized carbons (Fsp3) is 0.250. The zero-order chi connectivity index (χ0) is 12.3. The number of halogens is 3. The third-order valence-corrected chi connectivity index (χ3v) is 1.66. The number of rotatable bonds is 3. The van der Waals surface area contributed by atoms with E-state index >= 15 is 0 Å². The van der Waals surface area contributed by atoms with Crippen LogP contribution in [-0.4, -0.2) is 17.6 Å². The minimum absolute atomic E-state index is 0.199. The second-order valence-corrected chi connectivity index (χ2v) is 2.77. The van der Waals surface area contributed by atoms with Crippen molar-refractivity contribution in [1.29, 1.82) is 0 Å². The maximum atomic E-state index is 12.0. The fourth-order valence-corrected chi connectivity index (χ4v) is 1.04. The van der Waals surface area contributed by atoms with Crippen LogP contribution in [0.4, 0.5) is 13.2 Å². The summed E-state index contributed by atoms with van der Waals surface area (Å²) in [6, 6.07) is 0.846. The number of pyridine rings is 1. The van der Waals surface area contributed by atoms with Crippen molar-refractivity contribution in [2.24, 2.45) is 5.73 Å². The van der Waals surface area contributed by atoms with E-state index in [1.807, 2.05) is 4.98 Å². The summed E-state index contributed by atoms with van der Waals surface area (Å²) < 4.78 is 39.4. The van der Waals surface area contributed by atoms with Crippen LogP contribution in [0.1, 0.15) is 16.1 Å². The van der Waals surface area contributed by atoms with Crippen LogP contribution in [0.25, 0.3) is 0 Å². The fourth-order valence-electron chi connectivity index (χ4n) is 1.04. The number of aromatic amines is 1. The summed E-state index contributed by atoms with van der Waals surface area (Å²) >= 11 is 0. The topological polar surface area (TPSA) is 85.2 Å². The van der Waals surface area contributed by atoms with Gasteiger partial charge in [0.05, 0.1) is 11.3 Å². The molecule has 0 unspecified atom stereocenters. The number of nitrogens with one attached hydrogen (secondary N) is 1. The van der Waals surface area contributed by atoms with Crippen molar-refractivity contribution in [3.63, 3.8) is 0 Å². The van der Waals surface area contributed by atoms with Gasteiger partial charge in [-0.15, -0.1) is 13.2 Å². The van der Waals surface area contributed by atoms with Crippen molar-refractivity contribution in [3.8, 4) is 5.88 Å². The Labute approximate surface area is 87.0 Å². The normalized spacial score (nSPS) is 11.2. The smallest absolute Gasteiger partial charge is 0.389 e. The number of hydrogen-bond donors (Lipinski definition) is 2. The first-order valence-electron chi connectivity index (χ1n) is 4.04. The van der Waals surface area contributed by atoms with Crippen LogP contribution in [0.15, 0.2) is 10.9 Å². The first-order chi connectivity index (χ1) is 7.37.